The molecule has 1 aliphatic heterocycles. The van der Waals surface area contributed by atoms with Gasteiger partial charge in [0.15, 0.2) is 0 Å². The average molecular weight is 296 g/mol. The third-order valence-corrected chi connectivity index (χ3v) is 3.76. The monoisotopic (exact) mass is 296 g/mol. The summed E-state index contributed by atoms with van der Waals surface area (Å²) in [5, 5.41) is 0. The number of benzene rings is 1. The number of halogens is 1. The van der Waals surface area contributed by atoms with E-state index in [2.05, 4.69) is 18.7 Å². The summed E-state index contributed by atoms with van der Waals surface area (Å²) in [6, 6.07) is 5.08. The van der Waals surface area contributed by atoms with Crippen LogP contribution in [0.25, 0.3) is 0 Å². The Hall–Kier alpha value is -1.17. The van der Waals surface area contributed by atoms with Gasteiger partial charge >= 0.3 is 0 Å². The number of hydrogen-bond acceptors (Lipinski definition) is 4. The van der Waals surface area contributed by atoms with Gasteiger partial charge in [-0.25, -0.2) is 4.39 Å². The van der Waals surface area contributed by atoms with Crippen molar-refractivity contribution < 1.29 is 13.9 Å². The Bertz CT molecular complexity index is 454. The van der Waals surface area contributed by atoms with Crippen molar-refractivity contribution in [3.05, 3.63) is 29.6 Å². The maximum Gasteiger partial charge on any atom is 0.123 e. The maximum atomic E-state index is 13.3. The molecule has 2 N–H and O–H groups in total. The van der Waals surface area contributed by atoms with Crippen LogP contribution in [0, 0.1) is 5.82 Å². The van der Waals surface area contributed by atoms with Gasteiger partial charge < -0.3 is 15.2 Å². The summed E-state index contributed by atoms with van der Waals surface area (Å²) in [6.45, 7) is 7.87. The Kier molecular flexibility index (Phi) is 5.96. The van der Waals surface area contributed by atoms with Gasteiger partial charge in [-0.1, -0.05) is 0 Å². The first-order valence-electron chi connectivity index (χ1n) is 7.57. The lowest BCUT2D eigenvalue weighted by Gasteiger charge is -2.35. The molecule has 0 amide bonds. The highest BCUT2D eigenvalue weighted by atomic mass is 19.1. The smallest absolute Gasteiger partial charge is 0.123 e. The Morgan fingerprint density at radius 3 is 3.00 bits per heavy atom. The number of morpholine rings is 1. The number of rotatable bonds is 6. The third kappa shape index (κ3) is 4.66. The summed E-state index contributed by atoms with van der Waals surface area (Å²) in [5.74, 6) is 0.442. The second-order valence-electron chi connectivity index (χ2n) is 5.68. The minimum Gasteiger partial charge on any atom is -0.491 e. The van der Waals surface area contributed by atoms with Crippen LogP contribution in [0.4, 0.5) is 4.39 Å². The lowest BCUT2D eigenvalue weighted by atomic mass is 10.1. The van der Waals surface area contributed by atoms with Gasteiger partial charge in [-0.2, -0.15) is 0 Å². The van der Waals surface area contributed by atoms with Gasteiger partial charge in [-0.3, -0.25) is 4.90 Å². The van der Waals surface area contributed by atoms with Crippen molar-refractivity contribution in [2.75, 3.05) is 32.8 Å². The van der Waals surface area contributed by atoms with Gasteiger partial charge in [0.25, 0.3) is 0 Å². The Morgan fingerprint density at radius 1 is 1.48 bits per heavy atom. The van der Waals surface area contributed by atoms with Crippen LogP contribution in [-0.4, -0.2) is 49.9 Å². The predicted octanol–water partition coefficient (Wildman–Crippen LogP) is 1.81. The summed E-state index contributed by atoms with van der Waals surface area (Å²) in [6.07, 6.45) is 0.661. The molecule has 1 atom stereocenters. The van der Waals surface area contributed by atoms with Crippen LogP contribution in [0.3, 0.4) is 0 Å². The second-order valence-corrected chi connectivity index (χ2v) is 5.68. The Labute approximate surface area is 126 Å². The maximum absolute atomic E-state index is 13.3. The standard InChI is InChI=1S/C16H25FN2O2/c1-12(2)19-7-8-20-15(10-19)11-21-16-4-3-14(17)9-13(16)5-6-18/h3-4,9,12,15H,5-8,10-11,18H2,1-2H3. The minimum atomic E-state index is -0.259. The van der Waals surface area contributed by atoms with Crippen molar-refractivity contribution in [1.82, 2.24) is 4.90 Å². The highest BCUT2D eigenvalue weighted by Crippen LogP contribution is 2.21. The molecule has 21 heavy (non-hydrogen) atoms. The fraction of sp³-hybridized carbons (Fsp3) is 0.625. The van der Waals surface area contributed by atoms with Crippen LogP contribution in [0.5, 0.6) is 5.75 Å². The molecule has 118 valence electrons. The molecule has 1 aromatic carbocycles. The molecule has 0 spiro atoms. The van der Waals surface area contributed by atoms with E-state index in [9.17, 15) is 4.39 Å². The van der Waals surface area contributed by atoms with E-state index in [1.165, 1.54) is 12.1 Å². The second kappa shape index (κ2) is 7.73. The van der Waals surface area contributed by atoms with Crippen molar-refractivity contribution in [2.24, 2.45) is 5.73 Å². The first-order chi connectivity index (χ1) is 10.1. The number of nitrogens with zero attached hydrogens (tertiary/aromatic N) is 1. The molecule has 1 heterocycles. The summed E-state index contributed by atoms with van der Waals surface area (Å²) in [7, 11) is 0. The van der Waals surface area contributed by atoms with E-state index in [0.29, 0.717) is 31.4 Å². The summed E-state index contributed by atoms with van der Waals surface area (Å²) >= 11 is 0. The fourth-order valence-corrected chi connectivity index (χ4v) is 2.53. The molecule has 0 aliphatic carbocycles. The average Bonchev–Trinajstić information content (AvgIpc) is 2.47. The first kappa shape index (κ1) is 16.2. The topological polar surface area (TPSA) is 47.7 Å². The lowest BCUT2D eigenvalue weighted by molar-refractivity contribution is -0.0565. The van der Waals surface area contributed by atoms with Crippen LogP contribution >= 0.6 is 0 Å². The molecule has 0 bridgehead atoms. The molecule has 5 heteroatoms. The van der Waals surface area contributed by atoms with Gasteiger partial charge in [0, 0.05) is 19.1 Å². The zero-order valence-electron chi connectivity index (χ0n) is 12.8. The Morgan fingerprint density at radius 2 is 2.29 bits per heavy atom. The molecule has 2 rings (SSSR count). The van der Waals surface area contributed by atoms with Crippen LogP contribution in [0.1, 0.15) is 19.4 Å². The summed E-state index contributed by atoms with van der Waals surface area (Å²) < 4.78 is 24.9. The van der Waals surface area contributed by atoms with Crippen molar-refractivity contribution in [3.63, 3.8) is 0 Å². The SMILES string of the molecule is CC(C)N1CCOC(COc2ccc(F)cc2CCN)C1. The van der Waals surface area contributed by atoms with E-state index in [1.54, 1.807) is 6.07 Å². The van der Waals surface area contributed by atoms with Crippen LogP contribution < -0.4 is 10.5 Å². The predicted molar refractivity (Wildman–Crippen MR) is 81.1 cm³/mol. The lowest BCUT2D eigenvalue weighted by Crippen LogP contribution is -2.47. The van der Waals surface area contributed by atoms with E-state index in [-0.39, 0.29) is 11.9 Å². The zero-order valence-corrected chi connectivity index (χ0v) is 12.8. The fourth-order valence-electron chi connectivity index (χ4n) is 2.53. The van der Waals surface area contributed by atoms with Gasteiger partial charge in [0.1, 0.15) is 24.3 Å². The minimum absolute atomic E-state index is 0.0527. The van der Waals surface area contributed by atoms with Crippen molar-refractivity contribution in [2.45, 2.75) is 32.4 Å². The highest BCUT2D eigenvalue weighted by Gasteiger charge is 2.23. The quantitative estimate of drug-likeness (QED) is 0.870. The Balaban J connectivity index is 1.93. The molecule has 1 aromatic rings. The van der Waals surface area contributed by atoms with Crippen LogP contribution in [0.15, 0.2) is 18.2 Å². The molecule has 4 nitrogen and oxygen atoms in total. The molecule has 1 unspecified atom stereocenters. The zero-order chi connectivity index (χ0) is 15.2. The normalized spacial score (nSPS) is 20.0. The molecule has 1 aliphatic rings. The molecule has 0 aromatic heterocycles. The van der Waals surface area contributed by atoms with Crippen LogP contribution in [-0.2, 0) is 11.2 Å². The molecular weight excluding hydrogens is 271 g/mol. The number of hydrogen-bond donors (Lipinski definition) is 1. The molecule has 0 saturated carbocycles. The highest BCUT2D eigenvalue weighted by molar-refractivity contribution is 5.34. The van der Waals surface area contributed by atoms with E-state index in [0.717, 1.165) is 25.3 Å². The molecule has 0 radical (unpaired) electrons. The van der Waals surface area contributed by atoms with Gasteiger partial charge in [0.2, 0.25) is 0 Å². The largest absolute Gasteiger partial charge is 0.491 e. The van der Waals surface area contributed by atoms with Crippen molar-refractivity contribution in [3.8, 4) is 5.75 Å². The molecule has 1 fully saturated rings. The van der Waals surface area contributed by atoms with E-state index in [1.807, 2.05) is 0 Å². The van der Waals surface area contributed by atoms with E-state index >= 15 is 0 Å². The van der Waals surface area contributed by atoms with Crippen LogP contribution in [0.2, 0.25) is 0 Å². The summed E-state index contributed by atoms with van der Waals surface area (Å²) in [4.78, 5) is 2.38. The first-order valence-corrected chi connectivity index (χ1v) is 7.57. The third-order valence-electron chi connectivity index (χ3n) is 3.76. The van der Waals surface area contributed by atoms with Gasteiger partial charge in [0.05, 0.1) is 6.61 Å². The summed E-state index contributed by atoms with van der Waals surface area (Å²) in [5.41, 5.74) is 6.37. The molecule has 1 saturated heterocycles. The van der Waals surface area contributed by atoms with Crippen molar-refractivity contribution >= 4 is 0 Å². The number of nitrogens with two attached hydrogens (primary N) is 1. The van der Waals surface area contributed by atoms with E-state index < -0.39 is 0 Å². The van der Waals surface area contributed by atoms with Gasteiger partial charge in [-0.15, -0.1) is 0 Å². The van der Waals surface area contributed by atoms with Gasteiger partial charge in [-0.05, 0) is 50.6 Å². The van der Waals surface area contributed by atoms with E-state index in [4.69, 9.17) is 15.2 Å². The number of ether oxygens (including phenoxy) is 2. The molecular formula is C16H25FN2O2. The van der Waals surface area contributed by atoms with Crippen molar-refractivity contribution in [1.29, 1.82) is 0 Å².